The monoisotopic (exact) mass is 435 g/mol. The fourth-order valence-electron chi connectivity index (χ4n) is 4.27. The second kappa shape index (κ2) is 8.55. The summed E-state index contributed by atoms with van der Waals surface area (Å²) in [5.74, 6) is -0.964. The number of amides is 2. The maximum Gasteiger partial charge on any atom is 0.264 e. The SMILES string of the molecule is COc1cc(CN(C)C)ccc1Nc1cccc2c1C(=O)N(C1CCC(=O)CC1=O)C2=O. The molecular formula is C24H25N3O5. The molecular weight excluding hydrogens is 410 g/mol. The number of imide groups is 1. The zero-order valence-corrected chi connectivity index (χ0v) is 18.3. The van der Waals surface area contributed by atoms with Crippen molar-refractivity contribution in [1.29, 1.82) is 0 Å². The van der Waals surface area contributed by atoms with Crippen molar-refractivity contribution in [1.82, 2.24) is 9.80 Å². The van der Waals surface area contributed by atoms with Crippen molar-refractivity contribution in [3.63, 3.8) is 0 Å². The first-order valence-corrected chi connectivity index (χ1v) is 10.4. The van der Waals surface area contributed by atoms with E-state index >= 15 is 0 Å². The summed E-state index contributed by atoms with van der Waals surface area (Å²) in [7, 11) is 5.53. The van der Waals surface area contributed by atoms with Crippen LogP contribution in [-0.4, -0.2) is 60.4 Å². The first kappa shape index (κ1) is 21.7. The molecule has 1 fully saturated rings. The molecule has 1 N–H and O–H groups in total. The summed E-state index contributed by atoms with van der Waals surface area (Å²) in [5.41, 5.74) is 2.65. The van der Waals surface area contributed by atoms with Gasteiger partial charge in [0.15, 0.2) is 5.78 Å². The number of fused-ring (bicyclic) bond motifs is 1. The Hall–Kier alpha value is -3.52. The summed E-state index contributed by atoms with van der Waals surface area (Å²) in [5, 5.41) is 3.22. The second-order valence-corrected chi connectivity index (χ2v) is 8.34. The minimum absolute atomic E-state index is 0.157. The molecule has 8 heteroatoms. The second-order valence-electron chi connectivity index (χ2n) is 8.34. The number of hydrogen-bond acceptors (Lipinski definition) is 7. The number of ether oxygens (including phenoxy) is 1. The van der Waals surface area contributed by atoms with Crippen LogP contribution in [0.15, 0.2) is 36.4 Å². The normalized spacial score (nSPS) is 18.4. The van der Waals surface area contributed by atoms with Crippen molar-refractivity contribution in [3.8, 4) is 5.75 Å². The topological polar surface area (TPSA) is 96.0 Å². The van der Waals surface area contributed by atoms with Gasteiger partial charge in [-0.05, 0) is 50.3 Å². The van der Waals surface area contributed by atoms with E-state index in [0.717, 1.165) is 17.0 Å². The van der Waals surface area contributed by atoms with Gasteiger partial charge in [0.1, 0.15) is 11.5 Å². The smallest absolute Gasteiger partial charge is 0.264 e. The van der Waals surface area contributed by atoms with Crippen molar-refractivity contribution in [2.24, 2.45) is 0 Å². The van der Waals surface area contributed by atoms with Gasteiger partial charge in [0.05, 0.1) is 42.1 Å². The number of carbonyl (C=O) groups is 4. The quantitative estimate of drug-likeness (QED) is 0.551. The van der Waals surface area contributed by atoms with Crippen LogP contribution in [0.25, 0.3) is 0 Å². The Morgan fingerprint density at radius 2 is 1.84 bits per heavy atom. The molecule has 0 aromatic heterocycles. The summed E-state index contributed by atoms with van der Waals surface area (Å²) in [6.07, 6.45) is 0.123. The number of benzene rings is 2. The molecule has 0 bridgehead atoms. The van der Waals surface area contributed by atoms with E-state index in [0.29, 0.717) is 17.1 Å². The lowest BCUT2D eigenvalue weighted by Crippen LogP contribution is -2.47. The van der Waals surface area contributed by atoms with Crippen molar-refractivity contribution < 1.29 is 23.9 Å². The van der Waals surface area contributed by atoms with E-state index in [4.69, 9.17) is 4.74 Å². The summed E-state index contributed by atoms with van der Waals surface area (Å²) in [6.45, 7) is 0.747. The maximum absolute atomic E-state index is 13.3. The van der Waals surface area contributed by atoms with E-state index in [-0.39, 0.29) is 42.0 Å². The number of carbonyl (C=O) groups excluding carboxylic acids is 4. The van der Waals surface area contributed by atoms with Crippen LogP contribution in [0.2, 0.25) is 0 Å². The number of nitrogens with one attached hydrogen (secondary N) is 1. The van der Waals surface area contributed by atoms with Gasteiger partial charge in [-0.15, -0.1) is 0 Å². The van der Waals surface area contributed by atoms with Crippen molar-refractivity contribution in [2.45, 2.75) is 31.8 Å². The molecule has 4 rings (SSSR count). The Bertz CT molecular complexity index is 1120. The van der Waals surface area contributed by atoms with Crippen molar-refractivity contribution in [3.05, 3.63) is 53.1 Å². The molecule has 32 heavy (non-hydrogen) atoms. The molecule has 0 spiro atoms. The van der Waals surface area contributed by atoms with Crippen LogP contribution in [0.5, 0.6) is 5.75 Å². The van der Waals surface area contributed by atoms with Gasteiger partial charge in [0, 0.05) is 13.0 Å². The van der Waals surface area contributed by atoms with Gasteiger partial charge >= 0.3 is 0 Å². The summed E-state index contributed by atoms with van der Waals surface area (Å²) in [4.78, 5) is 53.3. The average Bonchev–Trinajstić information content (AvgIpc) is 3.00. The number of anilines is 2. The molecule has 0 radical (unpaired) electrons. The average molecular weight is 435 g/mol. The first-order valence-electron chi connectivity index (χ1n) is 10.4. The largest absolute Gasteiger partial charge is 0.495 e. The predicted molar refractivity (Wildman–Crippen MR) is 118 cm³/mol. The molecule has 0 saturated heterocycles. The van der Waals surface area contributed by atoms with Gasteiger partial charge in [-0.25, -0.2) is 0 Å². The lowest BCUT2D eigenvalue weighted by molar-refractivity contribution is -0.132. The standard InChI is InChI=1S/C24H25N3O5/c1-26(2)13-14-7-9-17(21(11-14)32-3)25-18-6-4-5-16-22(18)24(31)27(23(16)30)19-10-8-15(28)12-20(19)29/h4-7,9,11,19,25H,8,10,12-13H2,1-3H3. The van der Waals surface area contributed by atoms with Crippen LogP contribution < -0.4 is 10.1 Å². The molecule has 166 valence electrons. The zero-order chi connectivity index (χ0) is 23.0. The predicted octanol–water partition coefficient (Wildman–Crippen LogP) is 2.79. The highest BCUT2D eigenvalue weighted by molar-refractivity contribution is 6.26. The third-order valence-corrected chi connectivity index (χ3v) is 5.73. The van der Waals surface area contributed by atoms with E-state index in [2.05, 4.69) is 5.32 Å². The molecule has 2 amide bonds. The number of Topliss-reactive ketones (excluding diaryl/α,β-unsaturated/α-hetero) is 2. The molecule has 2 aliphatic rings. The molecule has 1 unspecified atom stereocenters. The lowest BCUT2D eigenvalue weighted by Gasteiger charge is -2.27. The zero-order valence-electron chi connectivity index (χ0n) is 18.3. The highest BCUT2D eigenvalue weighted by Gasteiger charge is 2.45. The van der Waals surface area contributed by atoms with Gasteiger partial charge in [-0.1, -0.05) is 12.1 Å². The minimum Gasteiger partial charge on any atom is -0.495 e. The Balaban J connectivity index is 1.66. The van der Waals surface area contributed by atoms with Gasteiger partial charge < -0.3 is 15.0 Å². The van der Waals surface area contributed by atoms with Gasteiger partial charge in [0.2, 0.25) is 0 Å². The maximum atomic E-state index is 13.3. The van der Waals surface area contributed by atoms with E-state index in [9.17, 15) is 19.2 Å². The van der Waals surface area contributed by atoms with E-state index in [1.807, 2.05) is 37.2 Å². The fraction of sp³-hybridized carbons (Fsp3) is 0.333. The van der Waals surface area contributed by atoms with Crippen LogP contribution in [0.4, 0.5) is 11.4 Å². The van der Waals surface area contributed by atoms with Crippen LogP contribution in [0, 0.1) is 0 Å². The number of hydrogen-bond donors (Lipinski definition) is 1. The third-order valence-electron chi connectivity index (χ3n) is 5.73. The third kappa shape index (κ3) is 3.89. The summed E-state index contributed by atoms with van der Waals surface area (Å²) in [6, 6.07) is 9.84. The lowest BCUT2D eigenvalue weighted by atomic mass is 9.92. The number of nitrogens with zero attached hydrogens (tertiary/aromatic N) is 2. The molecule has 8 nitrogen and oxygen atoms in total. The molecule has 2 aromatic carbocycles. The van der Waals surface area contributed by atoms with Gasteiger partial charge in [-0.2, -0.15) is 0 Å². The van der Waals surface area contributed by atoms with E-state index < -0.39 is 17.9 Å². The molecule has 2 aromatic rings. The van der Waals surface area contributed by atoms with Crippen molar-refractivity contribution in [2.75, 3.05) is 26.5 Å². The molecule has 1 atom stereocenters. The highest BCUT2D eigenvalue weighted by atomic mass is 16.5. The summed E-state index contributed by atoms with van der Waals surface area (Å²) >= 11 is 0. The fourth-order valence-corrected chi connectivity index (χ4v) is 4.27. The first-order chi connectivity index (χ1) is 15.3. The molecule has 1 aliphatic carbocycles. The Kier molecular flexibility index (Phi) is 5.80. The van der Waals surface area contributed by atoms with Crippen LogP contribution >= 0.6 is 0 Å². The Morgan fingerprint density at radius 1 is 1.06 bits per heavy atom. The highest BCUT2D eigenvalue weighted by Crippen LogP contribution is 2.36. The minimum atomic E-state index is -0.896. The number of methoxy groups -OCH3 is 1. The molecule has 1 saturated carbocycles. The van der Waals surface area contributed by atoms with Crippen LogP contribution in [-0.2, 0) is 16.1 Å². The number of ketones is 2. The Morgan fingerprint density at radius 3 is 2.53 bits per heavy atom. The van der Waals surface area contributed by atoms with Crippen molar-refractivity contribution >= 4 is 34.8 Å². The van der Waals surface area contributed by atoms with Crippen LogP contribution in [0.1, 0.15) is 45.5 Å². The van der Waals surface area contributed by atoms with E-state index in [1.54, 1.807) is 25.3 Å². The van der Waals surface area contributed by atoms with Crippen LogP contribution in [0.3, 0.4) is 0 Å². The van der Waals surface area contributed by atoms with Gasteiger partial charge in [-0.3, -0.25) is 24.1 Å². The Labute approximate surface area is 186 Å². The summed E-state index contributed by atoms with van der Waals surface area (Å²) < 4.78 is 5.53. The number of rotatable bonds is 6. The van der Waals surface area contributed by atoms with E-state index in [1.165, 1.54) is 0 Å². The van der Waals surface area contributed by atoms with Gasteiger partial charge in [0.25, 0.3) is 11.8 Å². The molecule has 1 heterocycles. The molecule has 1 aliphatic heterocycles.